The molecule has 0 aliphatic carbocycles. The maximum atomic E-state index is 13.6. The smallest absolute Gasteiger partial charge is 0.175 e. The first-order valence-corrected chi connectivity index (χ1v) is 8.22. The summed E-state index contributed by atoms with van der Waals surface area (Å²) in [7, 11) is 0. The molecule has 0 unspecified atom stereocenters. The van der Waals surface area contributed by atoms with Gasteiger partial charge in [-0.25, -0.2) is 4.39 Å². The summed E-state index contributed by atoms with van der Waals surface area (Å²) >= 11 is 5.37. The third-order valence-corrected chi connectivity index (χ3v) is 4.23. The van der Waals surface area contributed by atoms with E-state index < -0.39 is 0 Å². The molecule has 23 heavy (non-hydrogen) atoms. The molecule has 2 aromatic carbocycles. The van der Waals surface area contributed by atoms with Gasteiger partial charge in [-0.1, -0.05) is 18.2 Å². The zero-order valence-electron chi connectivity index (χ0n) is 13.1. The second-order valence-electron chi connectivity index (χ2n) is 5.75. The minimum absolute atomic E-state index is 0.240. The molecule has 0 saturated carbocycles. The second-order valence-corrected chi connectivity index (χ2v) is 6.16. The van der Waals surface area contributed by atoms with Crippen LogP contribution in [0, 0.1) is 12.7 Å². The van der Waals surface area contributed by atoms with Gasteiger partial charge in [0.25, 0.3) is 0 Å². The number of halogens is 1. The highest BCUT2D eigenvalue weighted by atomic mass is 32.1. The number of benzene rings is 2. The molecular formula is C18H20FN3S. The number of thiocarbonyl (C=S) groups is 1. The highest BCUT2D eigenvalue weighted by molar-refractivity contribution is 7.80. The van der Waals surface area contributed by atoms with Crippen molar-refractivity contribution in [2.45, 2.75) is 19.8 Å². The molecule has 0 bridgehead atoms. The monoisotopic (exact) mass is 329 g/mol. The summed E-state index contributed by atoms with van der Waals surface area (Å²) in [6.45, 7) is 3.88. The van der Waals surface area contributed by atoms with Crippen LogP contribution in [0.5, 0.6) is 0 Å². The molecule has 0 amide bonds. The molecule has 1 saturated heterocycles. The van der Waals surface area contributed by atoms with E-state index in [1.54, 1.807) is 13.0 Å². The lowest BCUT2D eigenvalue weighted by Crippen LogP contribution is -2.23. The highest BCUT2D eigenvalue weighted by Gasteiger charge is 2.15. The van der Waals surface area contributed by atoms with E-state index in [0.717, 1.165) is 24.5 Å². The molecule has 2 aromatic rings. The van der Waals surface area contributed by atoms with E-state index in [9.17, 15) is 4.39 Å². The van der Waals surface area contributed by atoms with E-state index in [1.165, 1.54) is 18.9 Å². The van der Waals surface area contributed by atoms with Gasteiger partial charge < -0.3 is 15.5 Å². The Morgan fingerprint density at radius 2 is 1.83 bits per heavy atom. The van der Waals surface area contributed by atoms with Crippen molar-refractivity contribution in [1.82, 2.24) is 0 Å². The van der Waals surface area contributed by atoms with E-state index in [1.807, 2.05) is 24.3 Å². The Kier molecular flexibility index (Phi) is 4.76. The predicted octanol–water partition coefficient (Wildman–Crippen LogP) is 4.54. The Balaban J connectivity index is 1.71. The van der Waals surface area contributed by atoms with Crippen LogP contribution in [0.2, 0.25) is 0 Å². The first-order valence-electron chi connectivity index (χ1n) is 7.81. The number of para-hydroxylation sites is 2. The summed E-state index contributed by atoms with van der Waals surface area (Å²) in [5.74, 6) is -0.240. The normalized spacial score (nSPS) is 13.9. The van der Waals surface area contributed by atoms with Crippen LogP contribution in [0.1, 0.15) is 18.4 Å². The van der Waals surface area contributed by atoms with Gasteiger partial charge in [-0.3, -0.25) is 0 Å². The van der Waals surface area contributed by atoms with Crippen molar-refractivity contribution in [1.29, 1.82) is 0 Å². The van der Waals surface area contributed by atoms with Crippen molar-refractivity contribution in [3.63, 3.8) is 0 Å². The molecule has 1 aliphatic rings. The van der Waals surface area contributed by atoms with Crippen LogP contribution in [0.15, 0.2) is 42.5 Å². The van der Waals surface area contributed by atoms with Crippen molar-refractivity contribution in [3.8, 4) is 0 Å². The van der Waals surface area contributed by atoms with Gasteiger partial charge in [0.2, 0.25) is 0 Å². The zero-order chi connectivity index (χ0) is 16.2. The minimum atomic E-state index is -0.240. The molecule has 1 aliphatic heterocycles. The summed E-state index contributed by atoms with van der Waals surface area (Å²) in [6, 6.07) is 13.1. The lowest BCUT2D eigenvalue weighted by molar-refractivity contribution is 0.619. The number of nitrogens with zero attached hydrogens (tertiary/aromatic N) is 1. The highest BCUT2D eigenvalue weighted by Crippen LogP contribution is 2.28. The molecule has 2 N–H and O–H groups in total. The number of nitrogens with one attached hydrogen (secondary N) is 2. The van der Waals surface area contributed by atoms with Crippen LogP contribution in [-0.2, 0) is 0 Å². The lowest BCUT2D eigenvalue weighted by atomic mass is 10.2. The Morgan fingerprint density at radius 1 is 1.09 bits per heavy atom. The molecule has 5 heteroatoms. The van der Waals surface area contributed by atoms with Crippen molar-refractivity contribution in [2.75, 3.05) is 28.6 Å². The maximum absolute atomic E-state index is 13.6. The van der Waals surface area contributed by atoms with Crippen LogP contribution in [0.4, 0.5) is 21.5 Å². The standard InChI is InChI=1S/C18H20FN3S/c1-13-8-9-14(12-15(13)19)20-18(23)21-16-6-2-3-7-17(16)22-10-4-5-11-22/h2-3,6-9,12H,4-5,10-11H2,1H3,(H2,20,21,23). The van der Waals surface area contributed by atoms with Crippen LogP contribution >= 0.6 is 12.2 Å². The molecule has 3 nitrogen and oxygen atoms in total. The topological polar surface area (TPSA) is 27.3 Å². The first-order chi connectivity index (χ1) is 11.1. The molecular weight excluding hydrogens is 309 g/mol. The van der Waals surface area contributed by atoms with E-state index in [2.05, 4.69) is 21.6 Å². The number of hydrogen-bond acceptors (Lipinski definition) is 2. The van der Waals surface area contributed by atoms with Crippen LogP contribution < -0.4 is 15.5 Å². The van der Waals surface area contributed by atoms with Crippen molar-refractivity contribution in [2.24, 2.45) is 0 Å². The van der Waals surface area contributed by atoms with Crippen LogP contribution in [-0.4, -0.2) is 18.2 Å². The number of aryl methyl sites for hydroxylation is 1. The van der Waals surface area contributed by atoms with Gasteiger partial charge in [0, 0.05) is 18.8 Å². The quantitative estimate of drug-likeness (QED) is 0.808. The zero-order valence-corrected chi connectivity index (χ0v) is 13.9. The van der Waals surface area contributed by atoms with Crippen LogP contribution in [0.25, 0.3) is 0 Å². The Labute approximate surface area is 141 Å². The summed E-state index contributed by atoms with van der Waals surface area (Å²) < 4.78 is 13.6. The average molecular weight is 329 g/mol. The molecule has 1 fully saturated rings. The van der Waals surface area contributed by atoms with Gasteiger partial charge in [0.15, 0.2) is 5.11 Å². The van der Waals surface area contributed by atoms with Gasteiger partial charge in [0.05, 0.1) is 11.4 Å². The Bertz CT molecular complexity index is 711. The SMILES string of the molecule is Cc1ccc(NC(=S)Nc2ccccc2N2CCCC2)cc1F. The van der Waals surface area contributed by atoms with Gasteiger partial charge in [-0.05, 0) is 61.8 Å². The Hall–Kier alpha value is -2.14. The van der Waals surface area contributed by atoms with Crippen molar-refractivity contribution < 1.29 is 4.39 Å². The molecule has 0 spiro atoms. The van der Waals surface area contributed by atoms with Crippen molar-refractivity contribution >= 4 is 34.4 Å². The van der Waals surface area contributed by atoms with Crippen LogP contribution in [0.3, 0.4) is 0 Å². The fourth-order valence-corrected chi connectivity index (χ4v) is 3.00. The molecule has 0 radical (unpaired) electrons. The third-order valence-electron chi connectivity index (χ3n) is 4.03. The second kappa shape index (κ2) is 6.96. The van der Waals surface area contributed by atoms with E-state index >= 15 is 0 Å². The summed E-state index contributed by atoms with van der Waals surface area (Å²) in [5, 5.41) is 6.72. The first kappa shape index (κ1) is 15.7. The lowest BCUT2D eigenvalue weighted by Gasteiger charge is -2.22. The number of rotatable bonds is 3. The maximum Gasteiger partial charge on any atom is 0.175 e. The largest absolute Gasteiger partial charge is 0.370 e. The fourth-order valence-electron chi connectivity index (χ4n) is 2.77. The van der Waals surface area contributed by atoms with E-state index in [4.69, 9.17) is 12.2 Å². The molecule has 0 aromatic heterocycles. The molecule has 3 rings (SSSR count). The van der Waals surface area contributed by atoms with Gasteiger partial charge in [-0.15, -0.1) is 0 Å². The molecule has 120 valence electrons. The summed E-state index contributed by atoms with van der Waals surface area (Å²) in [5.41, 5.74) is 3.39. The van der Waals surface area contributed by atoms with Gasteiger partial charge >= 0.3 is 0 Å². The van der Waals surface area contributed by atoms with E-state index in [0.29, 0.717) is 16.4 Å². The molecule has 1 heterocycles. The van der Waals surface area contributed by atoms with Crippen molar-refractivity contribution in [3.05, 3.63) is 53.8 Å². The average Bonchev–Trinajstić information content (AvgIpc) is 3.06. The van der Waals surface area contributed by atoms with E-state index in [-0.39, 0.29) is 5.82 Å². The Morgan fingerprint density at radius 3 is 2.57 bits per heavy atom. The summed E-state index contributed by atoms with van der Waals surface area (Å²) in [6.07, 6.45) is 2.44. The minimum Gasteiger partial charge on any atom is -0.370 e. The number of hydrogen-bond donors (Lipinski definition) is 2. The predicted molar refractivity (Wildman–Crippen MR) is 98.9 cm³/mol. The summed E-state index contributed by atoms with van der Waals surface area (Å²) in [4.78, 5) is 2.36. The fraction of sp³-hybridized carbons (Fsp3) is 0.278. The number of anilines is 3. The van der Waals surface area contributed by atoms with Gasteiger partial charge in [0.1, 0.15) is 5.82 Å². The molecule has 0 atom stereocenters. The van der Waals surface area contributed by atoms with Gasteiger partial charge in [-0.2, -0.15) is 0 Å². The third kappa shape index (κ3) is 3.79.